The van der Waals surface area contributed by atoms with Gasteiger partial charge in [-0.3, -0.25) is 14.5 Å². The third kappa shape index (κ3) is 6.58. The number of amides is 2. The van der Waals surface area contributed by atoms with Gasteiger partial charge < -0.3 is 16.0 Å². The largest absolute Gasteiger partial charge is 0.352 e. The molecule has 2 amide bonds. The van der Waals surface area contributed by atoms with Gasteiger partial charge >= 0.3 is 0 Å². The number of nitrogens with one attached hydrogen (secondary N) is 3. The first kappa shape index (κ1) is 24.9. The molecule has 0 radical (unpaired) electrons. The molecule has 6 nitrogen and oxygen atoms in total. The molecule has 3 N–H and O–H groups in total. The topological polar surface area (TPSA) is 73.5 Å². The Kier molecular flexibility index (Phi) is 9.88. The number of hydrogen-bond acceptors (Lipinski definition) is 4. The molecule has 1 aromatic rings. The number of likely N-dealkylation sites (tertiary alicyclic amines) is 1. The zero-order valence-corrected chi connectivity index (χ0v) is 19.0. The van der Waals surface area contributed by atoms with Gasteiger partial charge in [-0.25, -0.2) is 0 Å². The van der Waals surface area contributed by atoms with Crippen molar-refractivity contribution in [2.75, 3.05) is 25.0 Å². The fraction of sp³-hybridized carbons (Fsp3) is 0.636. The van der Waals surface area contributed by atoms with Crippen molar-refractivity contribution in [1.82, 2.24) is 15.5 Å². The number of para-hydroxylation sites is 1. The summed E-state index contributed by atoms with van der Waals surface area (Å²) in [5, 5.41) is 9.76. The maximum Gasteiger partial charge on any atom is 0.238 e. The highest BCUT2D eigenvalue weighted by molar-refractivity contribution is 5.92. The first-order valence-electron chi connectivity index (χ1n) is 10.8. The summed E-state index contributed by atoms with van der Waals surface area (Å²) < 4.78 is 0. The number of hydrogen-bond donors (Lipinski definition) is 3. The van der Waals surface area contributed by atoms with Crippen LogP contribution in [0.1, 0.15) is 44.9 Å². The standard InChI is InChI=1S/C22H32N4O2.2ClH/c27-21(23-17-7-2-1-3-8-17)15-26-12-10-18(11-13-26)24-22(28)20-14-16-6-4-5-9-19(16)25-20;;/h1-3,7-8,16,18-20,25H,4-6,9-15H2,(H,23,27)(H,24,28);2*1H. The molecule has 1 aromatic carbocycles. The van der Waals surface area contributed by atoms with Crippen molar-refractivity contribution < 1.29 is 9.59 Å². The van der Waals surface area contributed by atoms with E-state index in [1.54, 1.807) is 0 Å². The second kappa shape index (κ2) is 11.9. The monoisotopic (exact) mass is 456 g/mol. The van der Waals surface area contributed by atoms with Crippen molar-refractivity contribution in [2.45, 2.75) is 63.1 Å². The molecular weight excluding hydrogens is 423 g/mol. The van der Waals surface area contributed by atoms with Gasteiger partial charge in [0.25, 0.3) is 0 Å². The third-order valence-electron chi connectivity index (χ3n) is 6.54. The molecule has 0 spiro atoms. The lowest BCUT2D eigenvalue weighted by atomic mass is 9.85. The lowest BCUT2D eigenvalue weighted by molar-refractivity contribution is -0.124. The van der Waals surface area contributed by atoms with Crippen LogP contribution in [0.4, 0.5) is 5.69 Å². The lowest BCUT2D eigenvalue weighted by Gasteiger charge is -2.32. The Morgan fingerprint density at radius 1 is 1.00 bits per heavy atom. The molecule has 3 atom stereocenters. The molecule has 3 fully saturated rings. The van der Waals surface area contributed by atoms with E-state index in [0.29, 0.717) is 18.5 Å². The van der Waals surface area contributed by atoms with E-state index in [-0.39, 0.29) is 48.7 Å². The van der Waals surface area contributed by atoms with Crippen LogP contribution in [0.15, 0.2) is 30.3 Å². The van der Waals surface area contributed by atoms with Crippen LogP contribution in [0.5, 0.6) is 0 Å². The summed E-state index contributed by atoms with van der Waals surface area (Å²) >= 11 is 0. The van der Waals surface area contributed by atoms with E-state index < -0.39 is 0 Å². The normalized spacial score (nSPS) is 26.6. The van der Waals surface area contributed by atoms with Crippen molar-refractivity contribution >= 4 is 42.3 Å². The van der Waals surface area contributed by atoms with Crippen molar-refractivity contribution in [3.8, 4) is 0 Å². The number of nitrogens with zero attached hydrogens (tertiary/aromatic N) is 1. The number of anilines is 1. The van der Waals surface area contributed by atoms with Crippen LogP contribution in [0.3, 0.4) is 0 Å². The van der Waals surface area contributed by atoms with Crippen LogP contribution in [-0.4, -0.2) is 54.5 Å². The number of halogens is 2. The quantitative estimate of drug-likeness (QED) is 0.636. The van der Waals surface area contributed by atoms with Gasteiger partial charge in [-0.15, -0.1) is 24.8 Å². The molecule has 8 heteroatoms. The van der Waals surface area contributed by atoms with Crippen molar-refractivity contribution in [1.29, 1.82) is 0 Å². The summed E-state index contributed by atoms with van der Waals surface area (Å²) in [6.07, 6.45) is 7.90. The molecule has 2 heterocycles. The van der Waals surface area contributed by atoms with Gasteiger partial charge in [-0.1, -0.05) is 31.0 Å². The van der Waals surface area contributed by atoms with Crippen molar-refractivity contribution in [2.24, 2.45) is 5.92 Å². The molecule has 2 aliphatic heterocycles. The van der Waals surface area contributed by atoms with Crippen LogP contribution in [-0.2, 0) is 9.59 Å². The SMILES string of the molecule is Cl.Cl.O=C(CN1CCC(NC(=O)C2CC3CCCCC3N2)CC1)Nc1ccccc1. The second-order valence-corrected chi connectivity index (χ2v) is 8.58. The van der Waals surface area contributed by atoms with Crippen molar-refractivity contribution in [3.05, 3.63) is 30.3 Å². The van der Waals surface area contributed by atoms with Crippen LogP contribution < -0.4 is 16.0 Å². The highest BCUT2D eigenvalue weighted by Crippen LogP contribution is 2.33. The smallest absolute Gasteiger partial charge is 0.238 e. The summed E-state index contributed by atoms with van der Waals surface area (Å²) in [5.41, 5.74) is 0.833. The highest BCUT2D eigenvalue weighted by Gasteiger charge is 2.38. The zero-order valence-electron chi connectivity index (χ0n) is 17.3. The Morgan fingerprint density at radius 2 is 1.70 bits per heavy atom. The number of fused-ring (bicyclic) bond motifs is 1. The fourth-order valence-corrected chi connectivity index (χ4v) is 4.98. The summed E-state index contributed by atoms with van der Waals surface area (Å²) in [5.74, 6) is 0.885. The highest BCUT2D eigenvalue weighted by atomic mass is 35.5. The third-order valence-corrected chi connectivity index (χ3v) is 6.54. The van der Waals surface area contributed by atoms with Gasteiger partial charge in [-0.05, 0) is 50.2 Å². The predicted octanol–water partition coefficient (Wildman–Crippen LogP) is 2.97. The molecule has 3 unspecified atom stereocenters. The lowest BCUT2D eigenvalue weighted by Crippen LogP contribution is -2.51. The maximum atomic E-state index is 12.7. The number of rotatable bonds is 5. The minimum atomic E-state index is -0.0113. The van der Waals surface area contributed by atoms with Crippen LogP contribution >= 0.6 is 24.8 Å². The summed E-state index contributed by atoms with van der Waals surface area (Å²) in [6.45, 7) is 2.09. The maximum absolute atomic E-state index is 12.7. The summed E-state index contributed by atoms with van der Waals surface area (Å²) in [4.78, 5) is 27.0. The summed E-state index contributed by atoms with van der Waals surface area (Å²) in [6, 6.07) is 10.3. The molecule has 3 aliphatic rings. The zero-order chi connectivity index (χ0) is 19.3. The van der Waals surface area contributed by atoms with Gasteiger partial charge in [-0.2, -0.15) is 0 Å². The van der Waals surface area contributed by atoms with E-state index in [4.69, 9.17) is 0 Å². The van der Waals surface area contributed by atoms with E-state index in [1.165, 1.54) is 25.7 Å². The average molecular weight is 457 g/mol. The number of piperidine rings is 1. The second-order valence-electron chi connectivity index (χ2n) is 8.58. The van der Waals surface area contributed by atoms with Gasteiger partial charge in [0, 0.05) is 30.9 Å². The number of carbonyl (C=O) groups excluding carboxylic acids is 2. The molecule has 1 aliphatic carbocycles. The van der Waals surface area contributed by atoms with E-state index in [2.05, 4.69) is 20.9 Å². The van der Waals surface area contributed by atoms with E-state index in [1.807, 2.05) is 30.3 Å². The molecule has 2 saturated heterocycles. The molecule has 1 saturated carbocycles. The Morgan fingerprint density at radius 3 is 2.40 bits per heavy atom. The van der Waals surface area contributed by atoms with Crippen molar-refractivity contribution in [3.63, 3.8) is 0 Å². The Bertz CT molecular complexity index is 669. The molecule has 4 rings (SSSR count). The number of benzene rings is 1. The van der Waals surface area contributed by atoms with Gasteiger partial charge in [0.1, 0.15) is 0 Å². The minimum absolute atomic E-state index is 0. The molecule has 0 bridgehead atoms. The molecule has 0 aromatic heterocycles. The first-order valence-corrected chi connectivity index (χ1v) is 10.8. The van der Waals surface area contributed by atoms with Crippen LogP contribution in [0.2, 0.25) is 0 Å². The minimum Gasteiger partial charge on any atom is -0.352 e. The van der Waals surface area contributed by atoms with Crippen LogP contribution in [0, 0.1) is 5.92 Å². The van der Waals surface area contributed by atoms with Gasteiger partial charge in [0.05, 0.1) is 12.6 Å². The molecular formula is C22H34Cl2N4O2. The number of carbonyl (C=O) groups is 2. The predicted molar refractivity (Wildman–Crippen MR) is 124 cm³/mol. The van der Waals surface area contributed by atoms with E-state index in [9.17, 15) is 9.59 Å². The van der Waals surface area contributed by atoms with Crippen LogP contribution in [0.25, 0.3) is 0 Å². The van der Waals surface area contributed by atoms with Gasteiger partial charge in [0.2, 0.25) is 11.8 Å². The summed E-state index contributed by atoms with van der Waals surface area (Å²) in [7, 11) is 0. The average Bonchev–Trinajstić information content (AvgIpc) is 3.15. The molecule has 168 valence electrons. The Hall–Kier alpha value is -1.34. The first-order chi connectivity index (χ1) is 13.7. The Balaban J connectivity index is 0.00000160. The Labute approximate surface area is 191 Å². The molecule has 30 heavy (non-hydrogen) atoms. The fourth-order valence-electron chi connectivity index (χ4n) is 4.98. The van der Waals surface area contributed by atoms with E-state index in [0.717, 1.165) is 38.0 Å². The van der Waals surface area contributed by atoms with Gasteiger partial charge in [0.15, 0.2) is 0 Å². The van der Waals surface area contributed by atoms with E-state index >= 15 is 0 Å².